The number of halogens is 2. The number of hydrogen-bond acceptors (Lipinski definition) is 13. The van der Waals surface area contributed by atoms with Crippen molar-refractivity contribution in [3.8, 4) is 44.8 Å². The van der Waals surface area contributed by atoms with Crippen molar-refractivity contribution >= 4 is 84.8 Å². The van der Waals surface area contributed by atoms with Crippen LogP contribution in [0.3, 0.4) is 0 Å². The quantitative estimate of drug-likeness (QED) is 0.00688. The van der Waals surface area contributed by atoms with Crippen LogP contribution in [0, 0.1) is 11.6 Å². The van der Waals surface area contributed by atoms with E-state index in [0.29, 0.717) is 68.3 Å². The number of aromatic nitrogens is 2. The molecule has 11 N–H and O–H groups in total. The largest absolute Gasteiger partial charge is 2.00 e. The number of nitrogens with two attached hydrogens (primary N) is 3. The summed E-state index contributed by atoms with van der Waals surface area (Å²) in [5.74, 6) is -5.53. The summed E-state index contributed by atoms with van der Waals surface area (Å²) in [5, 5.41) is 60.5. The number of rotatable bonds is 30. The van der Waals surface area contributed by atoms with Crippen LogP contribution in [0.25, 0.3) is 44.8 Å². The molecule has 19 nitrogen and oxygen atoms in total. The Hall–Kier alpha value is -8.54. The Kier molecular flexibility index (Phi) is 28.7. The Morgan fingerprint density at radius 2 is 0.915 bits per heavy atom. The van der Waals surface area contributed by atoms with E-state index >= 15 is 0 Å². The molecule has 0 bridgehead atoms. The van der Waals surface area contributed by atoms with Crippen molar-refractivity contribution in [1.82, 2.24) is 9.13 Å². The van der Waals surface area contributed by atoms with Gasteiger partial charge in [0, 0.05) is 84.7 Å². The molecule has 0 aliphatic carbocycles. The zero-order valence-electron chi connectivity index (χ0n) is 53.1. The molecule has 0 unspecified atom stereocenters. The molecule has 94 heavy (non-hydrogen) atoms. The van der Waals surface area contributed by atoms with Crippen molar-refractivity contribution in [2.24, 2.45) is 22.2 Å². The number of benzene rings is 6. The molecule has 0 aliphatic rings. The van der Waals surface area contributed by atoms with Crippen molar-refractivity contribution in [2.75, 3.05) is 17.2 Å². The summed E-state index contributed by atoms with van der Waals surface area (Å²) in [5.41, 5.74) is 25.7. The first-order chi connectivity index (χ1) is 44.5. The Morgan fingerprint density at radius 1 is 0.532 bits per heavy atom. The number of aliphatic imine (C=N–C) groups is 1. The second-order valence-corrected chi connectivity index (χ2v) is 23.2. The number of anilines is 2. The maximum atomic E-state index is 14.3. The first kappa shape index (κ1) is 74.5. The van der Waals surface area contributed by atoms with Crippen molar-refractivity contribution in [2.45, 2.75) is 134 Å². The van der Waals surface area contributed by atoms with E-state index in [9.17, 15) is 58.3 Å². The van der Waals surface area contributed by atoms with Crippen LogP contribution in [-0.2, 0) is 32.2 Å². The van der Waals surface area contributed by atoms with Gasteiger partial charge in [-0.15, -0.1) is 0 Å². The number of carboxylic acids is 2. The number of carbonyl (C=O) groups excluding carboxylic acids is 5. The van der Waals surface area contributed by atoms with Crippen LogP contribution in [0.5, 0.6) is 0 Å². The van der Waals surface area contributed by atoms with E-state index in [1.807, 2.05) is 134 Å². The number of aliphatic hydroxyl groups is 3. The summed E-state index contributed by atoms with van der Waals surface area (Å²) in [6.07, 6.45) is -5.31. The van der Waals surface area contributed by atoms with E-state index in [2.05, 4.69) is 15.6 Å². The van der Waals surface area contributed by atoms with E-state index in [1.54, 1.807) is 48.5 Å². The Labute approximate surface area is 575 Å². The summed E-state index contributed by atoms with van der Waals surface area (Å²) < 4.78 is 37.6. The van der Waals surface area contributed by atoms with E-state index in [1.165, 1.54) is 24.3 Å². The summed E-state index contributed by atoms with van der Waals surface area (Å²) in [6, 6.07) is 48.1. The number of aliphatic carboxylic acids is 2. The van der Waals surface area contributed by atoms with E-state index in [-0.39, 0.29) is 119 Å². The van der Waals surface area contributed by atoms with Gasteiger partial charge in [-0.2, -0.15) is 0 Å². The molecule has 0 saturated carbocycles. The van der Waals surface area contributed by atoms with Gasteiger partial charge in [-0.1, -0.05) is 125 Å². The average molecular weight is 1310 g/mol. The summed E-state index contributed by atoms with van der Waals surface area (Å²) in [4.78, 5) is 67.4. The van der Waals surface area contributed by atoms with Crippen LogP contribution in [0.4, 0.5) is 20.2 Å². The van der Waals surface area contributed by atoms with Gasteiger partial charge in [0.2, 0.25) is 0 Å². The molecule has 2 amide bonds. The van der Waals surface area contributed by atoms with Crippen LogP contribution < -0.4 is 38.0 Å². The molecule has 0 saturated heterocycles. The molecule has 2 heterocycles. The molecule has 6 aromatic carbocycles. The van der Waals surface area contributed by atoms with Gasteiger partial charge in [0.1, 0.15) is 23.8 Å². The van der Waals surface area contributed by atoms with Gasteiger partial charge in [-0.05, 0) is 139 Å². The maximum Gasteiger partial charge on any atom is 2.00 e. The molecule has 0 radical (unpaired) electrons. The van der Waals surface area contributed by atoms with Gasteiger partial charge in [0.15, 0.2) is 5.96 Å². The molecule has 8 aromatic rings. The number of nitrogens with one attached hydrogen (secondary N) is 2. The fourth-order valence-electron chi connectivity index (χ4n) is 11.3. The summed E-state index contributed by atoms with van der Waals surface area (Å²) in [6.45, 7) is 8.57. The third kappa shape index (κ3) is 21.0. The van der Waals surface area contributed by atoms with E-state index < -0.39 is 72.8 Å². The molecule has 22 heteroatoms. The SMILES string of the molecule is CC(C)c1c(C(=O)Nc2ccccc2)c(-c2ccccc2)c(-c2ccc(F)cc2)n1CC[C@@H](O)C[C@@H](O)CC(=O)[O-].CC(C)c1c(C(=O)Nc2ccccc2)c(-c2ccccc2)c(-c2ccc(F)cc2)n1CC[C@@H](O)C[C@H](CC(=O)[O-])OC(=O)[C@@H](N)CCCN=C(N)N.[Ca+2]. The number of carbonyl (C=O) groups is 5. The number of nitrogens with zero attached hydrogens (tertiary/aromatic N) is 3. The average Bonchev–Trinajstić information content (AvgIpc) is 1.60. The molecule has 0 spiro atoms. The molecule has 0 fully saturated rings. The minimum Gasteiger partial charge on any atom is -0.550 e. The second kappa shape index (κ2) is 36.2. The number of carboxylic acid groups (broad SMARTS) is 2. The molecule has 0 aliphatic heterocycles. The van der Waals surface area contributed by atoms with Gasteiger partial charge >= 0.3 is 43.7 Å². The summed E-state index contributed by atoms with van der Waals surface area (Å²) >= 11 is 0. The van der Waals surface area contributed by atoms with Crippen molar-refractivity contribution < 1.29 is 63.0 Å². The minimum absolute atomic E-state index is 0. The number of aliphatic hydroxyl groups excluding tert-OH is 3. The normalized spacial score (nSPS) is 12.7. The number of para-hydroxylation sites is 2. The van der Waals surface area contributed by atoms with Crippen LogP contribution in [0.2, 0.25) is 0 Å². The van der Waals surface area contributed by atoms with Gasteiger partial charge in [-0.3, -0.25) is 19.4 Å². The van der Waals surface area contributed by atoms with E-state index in [4.69, 9.17) is 21.9 Å². The van der Waals surface area contributed by atoms with Crippen LogP contribution >= 0.6 is 0 Å². The summed E-state index contributed by atoms with van der Waals surface area (Å²) in [7, 11) is 0. The zero-order valence-corrected chi connectivity index (χ0v) is 55.3. The molecular formula is C72H80CaF2N8O11. The number of amides is 2. The topological polar surface area (TPSA) is 326 Å². The third-order valence-electron chi connectivity index (χ3n) is 15.4. The van der Waals surface area contributed by atoms with Gasteiger partial charge in [0.05, 0.1) is 40.8 Å². The predicted molar refractivity (Wildman–Crippen MR) is 357 cm³/mol. The Bertz CT molecular complexity index is 3790. The number of guanidine groups is 1. The number of ether oxygens (including phenoxy) is 1. The van der Waals surface area contributed by atoms with Crippen LogP contribution in [0.1, 0.15) is 123 Å². The number of hydrogen-bond donors (Lipinski definition) is 8. The maximum absolute atomic E-state index is 14.3. The molecule has 5 atom stereocenters. The van der Waals surface area contributed by atoms with Crippen molar-refractivity contribution in [1.29, 1.82) is 0 Å². The molecular weight excluding hydrogens is 1230 g/mol. The first-order valence-corrected chi connectivity index (χ1v) is 30.8. The Morgan fingerprint density at radius 3 is 1.29 bits per heavy atom. The van der Waals surface area contributed by atoms with Crippen LogP contribution in [-0.4, -0.2) is 135 Å². The van der Waals surface area contributed by atoms with Crippen LogP contribution in [0.15, 0.2) is 175 Å². The zero-order chi connectivity index (χ0) is 67.3. The van der Waals surface area contributed by atoms with Gasteiger partial charge < -0.3 is 76.8 Å². The Balaban J connectivity index is 0.000000303. The minimum atomic E-state index is -1.46. The van der Waals surface area contributed by atoms with Crippen molar-refractivity contribution in [3.05, 3.63) is 204 Å². The predicted octanol–water partition coefficient (Wildman–Crippen LogP) is 8.51. The second-order valence-electron chi connectivity index (χ2n) is 23.2. The standard InChI is InChI=1S/C39H47FN6O6.C33H35FN2O5.Ca/c1-24(2)35-34(37(50)45-28-12-7-4-8-13-28)33(25-10-5-3-6-11-25)36(26-15-17-27(40)18-16-26)46(35)21-19-29(47)22-30(23-32(48)49)52-38(51)31(41)14-9-20-44-39(42)43;1-21(2)31-30(33(41)35-25-11-7-4-8-12-25)29(22-9-5-3-6-10-22)32(23-13-15-24(34)16-14-23)36(31)18-17-26(37)19-27(38)20-28(39)40;/h3-8,10-13,15-18,24,29-31,47H,9,14,19-23,41H2,1-2H3,(H,45,50)(H,48,49)(H4,42,43,44);3-16,21,26-27,37-38H,17-20H2,1-2H3,(H,35,41)(H,39,40);/q;;+2/p-2/t29-,30-,31+;26-,27-;/m11./s1. The van der Waals surface area contributed by atoms with E-state index in [0.717, 1.165) is 16.8 Å². The fourth-order valence-corrected chi connectivity index (χ4v) is 11.3. The third-order valence-corrected chi connectivity index (χ3v) is 15.4. The van der Waals surface area contributed by atoms with Gasteiger partial charge in [0.25, 0.3) is 11.8 Å². The molecule has 490 valence electrons. The van der Waals surface area contributed by atoms with Crippen molar-refractivity contribution in [3.63, 3.8) is 0 Å². The number of esters is 1. The first-order valence-electron chi connectivity index (χ1n) is 30.8. The van der Waals surface area contributed by atoms with Gasteiger partial charge in [-0.25, -0.2) is 8.78 Å². The monoisotopic (exact) mass is 1310 g/mol. The fraction of sp³-hybridized carbons (Fsp3) is 0.306. The molecule has 8 rings (SSSR count). The smallest absolute Gasteiger partial charge is 0.550 e. The molecule has 2 aromatic heterocycles.